The molecule has 1 aliphatic rings. The molecule has 3 amide bonds. The van der Waals surface area contributed by atoms with Crippen molar-refractivity contribution in [2.24, 2.45) is 7.05 Å². The lowest BCUT2D eigenvalue weighted by atomic mass is 10.2. The van der Waals surface area contributed by atoms with E-state index < -0.39 is 5.91 Å². The van der Waals surface area contributed by atoms with Crippen molar-refractivity contribution in [2.75, 3.05) is 10.2 Å². The molecule has 1 saturated heterocycles. The number of carbonyl (C=O) groups excluding carboxylic acids is 3. The van der Waals surface area contributed by atoms with Crippen molar-refractivity contribution < 1.29 is 18.8 Å². The number of aryl methyl sites for hydroxylation is 1. The minimum atomic E-state index is -0.504. The van der Waals surface area contributed by atoms with E-state index in [4.69, 9.17) is 4.42 Å². The summed E-state index contributed by atoms with van der Waals surface area (Å²) < 4.78 is 6.99. The fourth-order valence-corrected chi connectivity index (χ4v) is 2.78. The molecule has 1 aliphatic heterocycles. The van der Waals surface area contributed by atoms with E-state index in [9.17, 15) is 14.4 Å². The van der Waals surface area contributed by atoms with Crippen LogP contribution in [-0.2, 0) is 16.6 Å². The van der Waals surface area contributed by atoms with Gasteiger partial charge in [0, 0.05) is 31.6 Å². The van der Waals surface area contributed by atoms with Crippen molar-refractivity contribution in [2.45, 2.75) is 12.8 Å². The molecule has 0 bridgehead atoms. The number of nitrogens with one attached hydrogen (secondary N) is 1. The second-order valence-electron chi connectivity index (χ2n) is 5.88. The quantitative estimate of drug-likeness (QED) is 0.692. The van der Waals surface area contributed by atoms with E-state index in [0.29, 0.717) is 11.4 Å². The molecule has 3 aromatic rings. The lowest BCUT2D eigenvalue weighted by Gasteiger charge is -2.14. The van der Waals surface area contributed by atoms with E-state index in [2.05, 4.69) is 20.6 Å². The van der Waals surface area contributed by atoms with Crippen LogP contribution in [-0.4, -0.2) is 37.7 Å². The number of aromatic nitrogens is 4. The summed E-state index contributed by atoms with van der Waals surface area (Å²) in [7, 11) is 1.73. The standard InChI is InChI=1S/C17H14N6O4/c1-22-12(7-8-18-22)16-20-21-17(27-16)19-15(26)10-3-2-4-11(9-10)23-13(24)5-6-14(23)25/h2-4,7-9H,5-6H2,1H3,(H,19,21,26). The highest BCUT2D eigenvalue weighted by Crippen LogP contribution is 2.24. The molecule has 0 unspecified atom stereocenters. The van der Waals surface area contributed by atoms with E-state index in [1.165, 1.54) is 6.07 Å². The molecule has 0 aliphatic carbocycles. The SMILES string of the molecule is Cn1nccc1-c1nnc(NC(=O)c2cccc(N3C(=O)CCC3=O)c2)o1. The van der Waals surface area contributed by atoms with Gasteiger partial charge in [-0.2, -0.15) is 5.10 Å². The Bertz CT molecular complexity index is 1040. The lowest BCUT2D eigenvalue weighted by Crippen LogP contribution is -2.28. The predicted octanol–water partition coefficient (Wildman–Crippen LogP) is 1.38. The normalized spacial score (nSPS) is 14.0. The summed E-state index contributed by atoms with van der Waals surface area (Å²) >= 11 is 0. The van der Waals surface area contributed by atoms with Gasteiger partial charge in [-0.1, -0.05) is 11.2 Å². The maximum absolute atomic E-state index is 12.5. The summed E-state index contributed by atoms with van der Waals surface area (Å²) in [5.41, 5.74) is 1.22. The zero-order chi connectivity index (χ0) is 19.0. The van der Waals surface area contributed by atoms with Gasteiger partial charge in [-0.05, 0) is 24.3 Å². The van der Waals surface area contributed by atoms with Crippen LogP contribution in [0.1, 0.15) is 23.2 Å². The Balaban J connectivity index is 1.53. The molecular weight excluding hydrogens is 352 g/mol. The molecule has 27 heavy (non-hydrogen) atoms. The third kappa shape index (κ3) is 3.08. The number of carbonyl (C=O) groups is 3. The molecule has 0 atom stereocenters. The molecule has 0 spiro atoms. The molecule has 10 nitrogen and oxygen atoms in total. The van der Waals surface area contributed by atoms with Crippen LogP contribution in [0.5, 0.6) is 0 Å². The van der Waals surface area contributed by atoms with Crippen LogP contribution in [0, 0.1) is 0 Å². The molecule has 1 aromatic carbocycles. The van der Waals surface area contributed by atoms with Gasteiger partial charge in [0.2, 0.25) is 11.8 Å². The molecule has 1 fully saturated rings. The number of rotatable bonds is 4. The molecule has 0 radical (unpaired) electrons. The first-order valence-corrected chi connectivity index (χ1v) is 8.12. The van der Waals surface area contributed by atoms with Gasteiger partial charge < -0.3 is 4.42 Å². The maximum Gasteiger partial charge on any atom is 0.322 e. The molecule has 0 saturated carbocycles. The monoisotopic (exact) mass is 366 g/mol. The molecule has 4 rings (SSSR count). The first kappa shape index (κ1) is 16.6. The Labute approximate surface area is 152 Å². The van der Waals surface area contributed by atoms with Crippen LogP contribution in [0.3, 0.4) is 0 Å². The molecular formula is C17H14N6O4. The topological polar surface area (TPSA) is 123 Å². The fourth-order valence-electron chi connectivity index (χ4n) is 2.78. The van der Waals surface area contributed by atoms with E-state index in [1.54, 1.807) is 42.2 Å². The Hall–Kier alpha value is -3.82. The fraction of sp³-hybridized carbons (Fsp3) is 0.176. The second kappa shape index (κ2) is 6.48. The van der Waals surface area contributed by atoms with Crippen LogP contribution < -0.4 is 10.2 Å². The zero-order valence-electron chi connectivity index (χ0n) is 14.2. The van der Waals surface area contributed by atoms with Gasteiger partial charge in [-0.15, -0.1) is 5.10 Å². The minimum Gasteiger partial charge on any atom is -0.401 e. The Morgan fingerprint density at radius 3 is 2.63 bits per heavy atom. The average molecular weight is 366 g/mol. The van der Waals surface area contributed by atoms with Crippen LogP contribution in [0.2, 0.25) is 0 Å². The third-order valence-corrected chi connectivity index (χ3v) is 4.10. The highest BCUT2D eigenvalue weighted by atomic mass is 16.4. The van der Waals surface area contributed by atoms with Crippen LogP contribution >= 0.6 is 0 Å². The van der Waals surface area contributed by atoms with Gasteiger partial charge in [0.05, 0.1) is 5.69 Å². The first-order chi connectivity index (χ1) is 13.0. The zero-order valence-corrected chi connectivity index (χ0v) is 14.2. The number of benzene rings is 1. The summed E-state index contributed by atoms with van der Waals surface area (Å²) in [6, 6.07) is 7.85. The van der Waals surface area contributed by atoms with Gasteiger partial charge in [0.15, 0.2) is 0 Å². The number of anilines is 2. The Morgan fingerprint density at radius 1 is 1.15 bits per heavy atom. The van der Waals surface area contributed by atoms with Crippen LogP contribution in [0.25, 0.3) is 11.6 Å². The number of nitrogens with zero attached hydrogens (tertiary/aromatic N) is 5. The summed E-state index contributed by atoms with van der Waals surface area (Å²) in [4.78, 5) is 37.3. The van der Waals surface area contributed by atoms with Crippen molar-refractivity contribution in [3.63, 3.8) is 0 Å². The smallest absolute Gasteiger partial charge is 0.322 e. The molecule has 136 valence electrons. The van der Waals surface area contributed by atoms with Crippen molar-refractivity contribution in [3.8, 4) is 11.6 Å². The van der Waals surface area contributed by atoms with Gasteiger partial charge in [0.1, 0.15) is 5.69 Å². The highest BCUT2D eigenvalue weighted by molar-refractivity contribution is 6.20. The molecule has 10 heteroatoms. The second-order valence-corrected chi connectivity index (χ2v) is 5.88. The van der Waals surface area contributed by atoms with Gasteiger partial charge >= 0.3 is 6.01 Å². The van der Waals surface area contributed by atoms with Crippen molar-refractivity contribution in [1.29, 1.82) is 0 Å². The molecule has 3 heterocycles. The maximum atomic E-state index is 12.5. The van der Waals surface area contributed by atoms with Crippen LogP contribution in [0.4, 0.5) is 11.7 Å². The van der Waals surface area contributed by atoms with Gasteiger partial charge in [-0.25, -0.2) is 0 Å². The van der Waals surface area contributed by atoms with Crippen molar-refractivity contribution in [3.05, 3.63) is 42.1 Å². The number of amides is 3. The third-order valence-electron chi connectivity index (χ3n) is 4.10. The van der Waals surface area contributed by atoms with E-state index in [0.717, 1.165) is 4.90 Å². The minimum absolute atomic E-state index is 0.0741. The van der Waals surface area contributed by atoms with E-state index >= 15 is 0 Å². The molecule has 1 N–H and O–H groups in total. The summed E-state index contributed by atoms with van der Waals surface area (Å²) in [6.45, 7) is 0. The first-order valence-electron chi connectivity index (χ1n) is 8.12. The highest BCUT2D eigenvalue weighted by Gasteiger charge is 2.30. The van der Waals surface area contributed by atoms with Crippen LogP contribution in [0.15, 0.2) is 40.9 Å². The summed E-state index contributed by atoms with van der Waals surface area (Å²) in [5, 5.41) is 14.2. The largest absolute Gasteiger partial charge is 0.401 e. The number of hydrogen-bond acceptors (Lipinski definition) is 7. The summed E-state index contributed by atoms with van der Waals surface area (Å²) in [5.74, 6) is -0.853. The van der Waals surface area contributed by atoms with Crippen molar-refractivity contribution in [1.82, 2.24) is 20.0 Å². The average Bonchev–Trinajstić information content (AvgIpc) is 3.36. The van der Waals surface area contributed by atoms with Crippen molar-refractivity contribution >= 4 is 29.4 Å². The van der Waals surface area contributed by atoms with Gasteiger partial charge in [-0.3, -0.25) is 29.3 Å². The van der Waals surface area contributed by atoms with Gasteiger partial charge in [0.25, 0.3) is 11.8 Å². The lowest BCUT2D eigenvalue weighted by molar-refractivity contribution is -0.121. The number of hydrogen-bond donors (Lipinski definition) is 1. The Kier molecular flexibility index (Phi) is 3.99. The van der Waals surface area contributed by atoms with E-state index in [1.807, 2.05) is 0 Å². The summed E-state index contributed by atoms with van der Waals surface area (Å²) in [6.07, 6.45) is 1.94. The Morgan fingerprint density at radius 2 is 1.93 bits per heavy atom. The molecule has 2 aromatic heterocycles. The van der Waals surface area contributed by atoms with E-state index in [-0.39, 0.29) is 42.1 Å². The number of imide groups is 1. The predicted molar refractivity (Wildman–Crippen MR) is 92.6 cm³/mol.